The molecule has 0 aliphatic heterocycles. The van der Waals surface area contributed by atoms with Gasteiger partial charge in [0.1, 0.15) is 5.75 Å². The van der Waals surface area contributed by atoms with Gasteiger partial charge in [0, 0.05) is 0 Å². The van der Waals surface area contributed by atoms with E-state index in [-0.39, 0.29) is 18.2 Å². The first-order chi connectivity index (χ1) is 8.98. The fraction of sp³-hybridized carbons (Fsp3) is 0.600. The van der Waals surface area contributed by atoms with Gasteiger partial charge in [-0.05, 0) is 38.8 Å². The van der Waals surface area contributed by atoms with Gasteiger partial charge in [-0.25, -0.2) is 0 Å². The standard InChI is InChI=1S/C15H26N2O2/c1-5-15(6-2,10-18)17-12-8-7-9-13(14(12)16)19-11(3)4/h7-9,11,17-18H,5-6,10,16H2,1-4H3. The van der Waals surface area contributed by atoms with Crippen molar-refractivity contribution in [3.63, 3.8) is 0 Å². The Kier molecular flexibility index (Phi) is 5.48. The van der Waals surface area contributed by atoms with Gasteiger partial charge in [-0.2, -0.15) is 0 Å². The number of anilines is 2. The van der Waals surface area contributed by atoms with E-state index in [9.17, 15) is 5.11 Å². The number of hydrogen-bond donors (Lipinski definition) is 3. The Morgan fingerprint density at radius 1 is 1.32 bits per heavy atom. The van der Waals surface area contributed by atoms with E-state index in [1.165, 1.54) is 0 Å². The topological polar surface area (TPSA) is 67.5 Å². The minimum atomic E-state index is -0.329. The summed E-state index contributed by atoms with van der Waals surface area (Å²) in [6.07, 6.45) is 1.74. The first kappa shape index (κ1) is 15.6. The lowest BCUT2D eigenvalue weighted by atomic mass is 9.93. The van der Waals surface area contributed by atoms with Crippen molar-refractivity contribution in [3.05, 3.63) is 18.2 Å². The molecule has 108 valence electrons. The van der Waals surface area contributed by atoms with Gasteiger partial charge in [-0.15, -0.1) is 0 Å². The smallest absolute Gasteiger partial charge is 0.144 e. The molecule has 0 bridgehead atoms. The maximum Gasteiger partial charge on any atom is 0.144 e. The Balaban J connectivity index is 3.01. The highest BCUT2D eigenvalue weighted by atomic mass is 16.5. The van der Waals surface area contributed by atoms with Gasteiger partial charge < -0.3 is 20.9 Å². The molecule has 1 rings (SSSR count). The maximum absolute atomic E-state index is 9.61. The summed E-state index contributed by atoms with van der Waals surface area (Å²) in [5.74, 6) is 0.680. The van der Waals surface area contributed by atoms with Crippen LogP contribution in [0.5, 0.6) is 5.75 Å². The first-order valence-corrected chi connectivity index (χ1v) is 6.92. The van der Waals surface area contributed by atoms with Crippen molar-refractivity contribution in [1.82, 2.24) is 0 Å². The molecule has 0 saturated heterocycles. The van der Waals surface area contributed by atoms with Gasteiger partial charge >= 0.3 is 0 Å². The van der Waals surface area contributed by atoms with E-state index < -0.39 is 0 Å². The summed E-state index contributed by atoms with van der Waals surface area (Å²) in [4.78, 5) is 0. The van der Waals surface area contributed by atoms with Crippen LogP contribution in [0.25, 0.3) is 0 Å². The fourth-order valence-electron chi connectivity index (χ4n) is 1.99. The molecule has 0 unspecified atom stereocenters. The van der Waals surface area contributed by atoms with Gasteiger partial charge in [0.05, 0.1) is 29.6 Å². The van der Waals surface area contributed by atoms with Gasteiger partial charge in [0.15, 0.2) is 0 Å². The van der Waals surface area contributed by atoms with Gasteiger partial charge in [-0.3, -0.25) is 0 Å². The van der Waals surface area contributed by atoms with Crippen molar-refractivity contribution in [2.24, 2.45) is 0 Å². The number of ether oxygens (including phenoxy) is 1. The zero-order valence-electron chi connectivity index (χ0n) is 12.4. The number of nitrogens with one attached hydrogen (secondary N) is 1. The molecule has 0 heterocycles. The molecule has 4 heteroatoms. The summed E-state index contributed by atoms with van der Waals surface area (Å²) in [7, 11) is 0. The molecule has 0 amide bonds. The SMILES string of the molecule is CCC(CC)(CO)Nc1cccc(OC(C)C)c1N. The zero-order valence-corrected chi connectivity index (χ0v) is 12.4. The predicted molar refractivity (Wildman–Crippen MR) is 80.6 cm³/mol. The number of aliphatic hydroxyl groups is 1. The average Bonchev–Trinajstić information content (AvgIpc) is 2.40. The van der Waals surface area contributed by atoms with Gasteiger partial charge in [-0.1, -0.05) is 19.9 Å². The van der Waals surface area contributed by atoms with E-state index in [0.717, 1.165) is 18.5 Å². The molecular weight excluding hydrogens is 240 g/mol. The Morgan fingerprint density at radius 3 is 2.42 bits per heavy atom. The molecule has 1 aromatic rings. The fourth-order valence-corrected chi connectivity index (χ4v) is 1.99. The Bertz CT molecular complexity index is 393. The highest BCUT2D eigenvalue weighted by Gasteiger charge is 2.25. The monoisotopic (exact) mass is 266 g/mol. The summed E-state index contributed by atoms with van der Waals surface area (Å²) in [5, 5.41) is 13.0. The zero-order chi connectivity index (χ0) is 14.5. The second kappa shape index (κ2) is 6.66. The highest BCUT2D eigenvalue weighted by molar-refractivity contribution is 5.73. The van der Waals surface area contributed by atoms with E-state index in [0.29, 0.717) is 11.4 Å². The van der Waals surface area contributed by atoms with Crippen LogP contribution >= 0.6 is 0 Å². The van der Waals surface area contributed by atoms with Crippen molar-refractivity contribution in [3.8, 4) is 5.75 Å². The van der Waals surface area contributed by atoms with Crippen LogP contribution in [-0.4, -0.2) is 23.4 Å². The van der Waals surface area contributed by atoms with Crippen molar-refractivity contribution in [2.75, 3.05) is 17.7 Å². The van der Waals surface area contributed by atoms with Gasteiger partial charge in [0.25, 0.3) is 0 Å². The Morgan fingerprint density at radius 2 is 1.95 bits per heavy atom. The van der Waals surface area contributed by atoms with E-state index in [1.807, 2.05) is 32.0 Å². The minimum absolute atomic E-state index is 0.0781. The normalized spacial score (nSPS) is 11.7. The van der Waals surface area contributed by atoms with E-state index in [1.54, 1.807) is 0 Å². The molecule has 1 aromatic carbocycles. The molecular formula is C15H26N2O2. The number of aliphatic hydroxyl groups excluding tert-OH is 1. The maximum atomic E-state index is 9.61. The van der Waals surface area contributed by atoms with Crippen molar-refractivity contribution in [2.45, 2.75) is 52.2 Å². The lowest BCUT2D eigenvalue weighted by molar-refractivity contribution is 0.202. The Labute approximate surface area is 116 Å². The highest BCUT2D eigenvalue weighted by Crippen LogP contribution is 2.33. The van der Waals surface area contributed by atoms with Crippen LogP contribution in [0.3, 0.4) is 0 Å². The second-order valence-electron chi connectivity index (χ2n) is 5.15. The average molecular weight is 266 g/mol. The molecule has 0 atom stereocenters. The van der Waals surface area contributed by atoms with Crippen molar-refractivity contribution >= 4 is 11.4 Å². The third kappa shape index (κ3) is 3.77. The third-order valence-corrected chi connectivity index (χ3v) is 3.48. The number of nitrogens with two attached hydrogens (primary N) is 1. The molecule has 4 nitrogen and oxygen atoms in total. The summed E-state index contributed by atoms with van der Waals surface area (Å²) in [6, 6.07) is 5.68. The summed E-state index contributed by atoms with van der Waals surface area (Å²) in [5.41, 5.74) is 7.21. The lowest BCUT2D eigenvalue weighted by Gasteiger charge is -2.32. The van der Waals surface area contributed by atoms with Crippen LogP contribution in [0.2, 0.25) is 0 Å². The van der Waals surface area contributed by atoms with Crippen LogP contribution in [0, 0.1) is 0 Å². The molecule has 0 radical (unpaired) electrons. The number of nitrogen functional groups attached to an aromatic ring is 1. The summed E-state index contributed by atoms with van der Waals surface area (Å²) < 4.78 is 5.67. The van der Waals surface area contributed by atoms with Crippen molar-refractivity contribution in [1.29, 1.82) is 0 Å². The van der Waals surface area contributed by atoms with Crippen LogP contribution < -0.4 is 15.8 Å². The molecule has 0 fully saturated rings. The lowest BCUT2D eigenvalue weighted by Crippen LogP contribution is -2.41. The summed E-state index contributed by atoms with van der Waals surface area (Å²) >= 11 is 0. The molecule has 0 spiro atoms. The molecule has 0 aromatic heterocycles. The largest absolute Gasteiger partial charge is 0.489 e. The van der Waals surface area contributed by atoms with Crippen LogP contribution in [0.4, 0.5) is 11.4 Å². The number of rotatable bonds is 7. The molecule has 4 N–H and O–H groups in total. The minimum Gasteiger partial charge on any atom is -0.489 e. The second-order valence-corrected chi connectivity index (χ2v) is 5.15. The van der Waals surface area contributed by atoms with Crippen LogP contribution in [0.1, 0.15) is 40.5 Å². The number of benzene rings is 1. The molecule has 19 heavy (non-hydrogen) atoms. The summed E-state index contributed by atoms with van der Waals surface area (Å²) in [6.45, 7) is 8.12. The Hall–Kier alpha value is -1.42. The molecule has 0 saturated carbocycles. The van der Waals surface area contributed by atoms with Crippen LogP contribution in [0.15, 0.2) is 18.2 Å². The van der Waals surface area contributed by atoms with E-state index in [4.69, 9.17) is 10.5 Å². The van der Waals surface area contributed by atoms with Crippen LogP contribution in [-0.2, 0) is 0 Å². The molecule has 0 aliphatic carbocycles. The van der Waals surface area contributed by atoms with E-state index in [2.05, 4.69) is 19.2 Å². The van der Waals surface area contributed by atoms with E-state index >= 15 is 0 Å². The number of para-hydroxylation sites is 1. The quantitative estimate of drug-likeness (QED) is 0.664. The third-order valence-electron chi connectivity index (χ3n) is 3.48. The first-order valence-electron chi connectivity index (χ1n) is 6.92. The van der Waals surface area contributed by atoms with Crippen molar-refractivity contribution < 1.29 is 9.84 Å². The molecule has 0 aliphatic rings. The van der Waals surface area contributed by atoms with Gasteiger partial charge in [0.2, 0.25) is 0 Å². The predicted octanol–water partition coefficient (Wildman–Crippen LogP) is 3.02. The number of hydrogen-bond acceptors (Lipinski definition) is 4.